The van der Waals surface area contributed by atoms with Crippen molar-refractivity contribution in [2.75, 3.05) is 0 Å². The van der Waals surface area contributed by atoms with Gasteiger partial charge in [-0.3, -0.25) is 0 Å². The first-order valence-corrected chi connectivity index (χ1v) is 8.35. The van der Waals surface area contributed by atoms with Gasteiger partial charge >= 0.3 is 92.7 Å². The molecule has 0 nitrogen and oxygen atoms in total. The Bertz CT molecular complexity index is 346. The maximum atomic E-state index is 6.46. The molecule has 2 heteroatoms. The molecule has 0 heterocycles. The quantitative estimate of drug-likeness (QED) is 0.731. The van der Waals surface area contributed by atoms with Gasteiger partial charge in [0.25, 0.3) is 0 Å². The second kappa shape index (κ2) is 4.65. The summed E-state index contributed by atoms with van der Waals surface area (Å²) in [6, 6.07) is 20.6. The van der Waals surface area contributed by atoms with Crippen LogP contribution < -0.4 is 8.92 Å². The molecular weight excluding hydrogens is 259 g/mol. The van der Waals surface area contributed by atoms with Gasteiger partial charge in [-0.15, -0.1) is 0 Å². The number of rotatable bonds is 2. The van der Waals surface area contributed by atoms with E-state index in [-0.39, 0.29) is 0 Å². The van der Waals surface area contributed by atoms with Gasteiger partial charge in [-0.2, -0.15) is 0 Å². The summed E-state index contributed by atoms with van der Waals surface area (Å²) >= 11 is -1.31. The van der Waals surface area contributed by atoms with Gasteiger partial charge in [-0.25, -0.2) is 0 Å². The molecule has 0 aliphatic carbocycles. The van der Waals surface area contributed by atoms with Crippen LogP contribution in [0.15, 0.2) is 60.7 Å². The van der Waals surface area contributed by atoms with Gasteiger partial charge < -0.3 is 0 Å². The van der Waals surface area contributed by atoms with Crippen LogP contribution in [0.3, 0.4) is 0 Å². The van der Waals surface area contributed by atoms with Crippen LogP contribution in [0, 0.1) is 0 Å². The molecule has 0 saturated carbocycles. The molecule has 0 aliphatic heterocycles. The summed E-state index contributed by atoms with van der Waals surface area (Å²) < 4.78 is 2.53. The van der Waals surface area contributed by atoms with Gasteiger partial charge in [-0.1, -0.05) is 0 Å². The van der Waals surface area contributed by atoms with Gasteiger partial charge in [0, 0.05) is 0 Å². The standard InChI is InChI=1S/C12H10ClSe/c13-14(11-7-3-1-4-8-11)12-9-5-2-6-10-12/h1-10H. The first kappa shape index (κ1) is 9.79. The zero-order valence-corrected chi connectivity index (χ0v) is 10.0. The van der Waals surface area contributed by atoms with E-state index in [1.165, 1.54) is 8.92 Å². The van der Waals surface area contributed by atoms with Gasteiger partial charge in [0.1, 0.15) is 0 Å². The van der Waals surface area contributed by atoms with Crippen LogP contribution in [-0.4, -0.2) is 13.0 Å². The average Bonchev–Trinajstić information content (AvgIpc) is 2.30. The molecule has 14 heavy (non-hydrogen) atoms. The minimum absolute atomic E-state index is 1.26. The summed E-state index contributed by atoms with van der Waals surface area (Å²) in [5.41, 5.74) is 0. The third-order valence-corrected chi connectivity index (χ3v) is 6.63. The molecule has 0 amide bonds. The van der Waals surface area contributed by atoms with E-state index in [1.807, 2.05) is 36.4 Å². The molecule has 0 fully saturated rings. The van der Waals surface area contributed by atoms with Gasteiger partial charge in [0.2, 0.25) is 0 Å². The van der Waals surface area contributed by atoms with E-state index in [2.05, 4.69) is 24.3 Å². The van der Waals surface area contributed by atoms with Crippen LogP contribution in [0.5, 0.6) is 0 Å². The molecule has 0 aliphatic rings. The molecule has 0 unspecified atom stereocenters. The number of hydrogen-bond acceptors (Lipinski definition) is 0. The molecule has 71 valence electrons. The monoisotopic (exact) mass is 269 g/mol. The van der Waals surface area contributed by atoms with E-state index in [1.54, 1.807) is 0 Å². The van der Waals surface area contributed by atoms with Crippen molar-refractivity contribution in [1.82, 2.24) is 0 Å². The SMILES string of the molecule is Cl[Se](c1ccccc1)c1ccccc1. The molecule has 0 saturated heterocycles. The number of halogens is 1. The summed E-state index contributed by atoms with van der Waals surface area (Å²) in [6.45, 7) is 0. The Kier molecular flexibility index (Phi) is 3.26. The molecule has 2 aromatic rings. The Hall–Kier alpha value is -0.751. The predicted octanol–water partition coefficient (Wildman–Crippen LogP) is 2.03. The van der Waals surface area contributed by atoms with Crippen molar-refractivity contribution >= 4 is 32.0 Å². The number of hydrogen-bond donors (Lipinski definition) is 0. The molecule has 0 spiro atoms. The maximum absolute atomic E-state index is 6.46. The van der Waals surface area contributed by atoms with Crippen molar-refractivity contribution in [3.63, 3.8) is 0 Å². The summed E-state index contributed by atoms with van der Waals surface area (Å²) in [5.74, 6) is 0. The van der Waals surface area contributed by atoms with Crippen molar-refractivity contribution in [3.8, 4) is 0 Å². The Morgan fingerprint density at radius 2 is 1.00 bits per heavy atom. The fraction of sp³-hybridized carbons (Fsp3) is 0. The summed E-state index contributed by atoms with van der Waals surface area (Å²) in [7, 11) is 6.46. The van der Waals surface area contributed by atoms with E-state index < -0.39 is 13.0 Å². The third-order valence-electron chi connectivity index (χ3n) is 1.90. The second-order valence-corrected chi connectivity index (χ2v) is 7.54. The normalized spacial score (nSPS) is 10.4. The van der Waals surface area contributed by atoms with Gasteiger partial charge in [-0.05, 0) is 0 Å². The third kappa shape index (κ3) is 2.19. The fourth-order valence-electron chi connectivity index (χ4n) is 1.22. The molecule has 0 aromatic heterocycles. The van der Waals surface area contributed by atoms with Gasteiger partial charge in [0.05, 0.1) is 0 Å². The molecular formula is C12H10ClSe. The molecule has 0 atom stereocenters. The average molecular weight is 269 g/mol. The molecule has 2 aromatic carbocycles. The Morgan fingerprint density at radius 3 is 1.36 bits per heavy atom. The van der Waals surface area contributed by atoms with E-state index in [0.717, 1.165) is 0 Å². The molecule has 0 bridgehead atoms. The first-order chi connectivity index (χ1) is 6.88. The van der Waals surface area contributed by atoms with Crippen LogP contribution in [0.4, 0.5) is 0 Å². The summed E-state index contributed by atoms with van der Waals surface area (Å²) in [5, 5.41) is 0. The van der Waals surface area contributed by atoms with Gasteiger partial charge in [0.15, 0.2) is 0 Å². The van der Waals surface area contributed by atoms with Crippen molar-refractivity contribution < 1.29 is 0 Å². The van der Waals surface area contributed by atoms with Crippen LogP contribution in [0.25, 0.3) is 0 Å². The van der Waals surface area contributed by atoms with E-state index >= 15 is 0 Å². The second-order valence-electron chi connectivity index (χ2n) is 2.88. The molecule has 0 N–H and O–H groups in total. The Labute approximate surface area is 92.6 Å². The van der Waals surface area contributed by atoms with Crippen LogP contribution >= 0.6 is 10.1 Å². The first-order valence-electron chi connectivity index (χ1n) is 4.38. The zero-order valence-electron chi connectivity index (χ0n) is 7.56. The van der Waals surface area contributed by atoms with Crippen molar-refractivity contribution in [2.45, 2.75) is 0 Å². The predicted molar refractivity (Wildman–Crippen MR) is 63.8 cm³/mol. The Balaban J connectivity index is 2.30. The van der Waals surface area contributed by atoms with Crippen molar-refractivity contribution in [1.29, 1.82) is 0 Å². The topological polar surface area (TPSA) is 0 Å². The zero-order chi connectivity index (χ0) is 9.80. The fourth-order valence-corrected chi connectivity index (χ4v) is 4.52. The summed E-state index contributed by atoms with van der Waals surface area (Å²) in [4.78, 5) is 0. The van der Waals surface area contributed by atoms with Crippen molar-refractivity contribution in [3.05, 3.63) is 60.7 Å². The molecule has 2 rings (SSSR count). The summed E-state index contributed by atoms with van der Waals surface area (Å²) in [6.07, 6.45) is 0. The Morgan fingerprint density at radius 1 is 0.643 bits per heavy atom. The van der Waals surface area contributed by atoms with E-state index in [4.69, 9.17) is 10.1 Å². The van der Waals surface area contributed by atoms with Crippen LogP contribution in [0.1, 0.15) is 0 Å². The minimum atomic E-state index is -1.31. The van der Waals surface area contributed by atoms with E-state index in [0.29, 0.717) is 0 Å². The van der Waals surface area contributed by atoms with Crippen LogP contribution in [-0.2, 0) is 0 Å². The van der Waals surface area contributed by atoms with Crippen LogP contribution in [0.2, 0.25) is 0 Å². The molecule has 1 radical (unpaired) electrons. The van der Waals surface area contributed by atoms with Crippen molar-refractivity contribution in [2.24, 2.45) is 0 Å². The van der Waals surface area contributed by atoms with E-state index in [9.17, 15) is 0 Å². The number of benzene rings is 2.